The van der Waals surface area contributed by atoms with Gasteiger partial charge in [0.2, 0.25) is 0 Å². The van der Waals surface area contributed by atoms with Crippen LogP contribution in [0.3, 0.4) is 0 Å². The number of hydrogen-bond donors (Lipinski definition) is 2. The Morgan fingerprint density at radius 3 is 2.83 bits per heavy atom. The number of nitrogen functional groups attached to an aromatic ring is 1. The van der Waals surface area contributed by atoms with Crippen LogP contribution in [0.4, 0.5) is 5.69 Å². The van der Waals surface area contributed by atoms with Crippen molar-refractivity contribution in [1.82, 2.24) is 5.32 Å². The number of rotatable bonds is 4. The van der Waals surface area contributed by atoms with E-state index in [-0.39, 0.29) is 18.6 Å². The van der Waals surface area contributed by atoms with Crippen LogP contribution in [0.15, 0.2) is 22.7 Å². The number of amides is 1. The number of nitrogens with one attached hydrogen (secondary N) is 1. The lowest BCUT2D eigenvalue weighted by Crippen LogP contribution is -2.30. The fourth-order valence-electron chi connectivity index (χ4n) is 1.41. The minimum absolute atomic E-state index is 0.260. The van der Waals surface area contributed by atoms with Crippen LogP contribution in [-0.2, 0) is 9.53 Å². The Hall–Kier alpha value is -1.56. The summed E-state index contributed by atoms with van der Waals surface area (Å²) in [7, 11) is 0. The first-order valence-electron chi connectivity index (χ1n) is 5.58. The van der Waals surface area contributed by atoms with Gasteiger partial charge in [-0.1, -0.05) is 0 Å². The highest BCUT2D eigenvalue weighted by Crippen LogP contribution is 2.20. The molecule has 0 aromatic heterocycles. The Labute approximate surface area is 113 Å². The van der Waals surface area contributed by atoms with Gasteiger partial charge in [-0.25, -0.2) is 4.79 Å². The Kier molecular flexibility index (Phi) is 3.86. The first-order valence-corrected chi connectivity index (χ1v) is 6.37. The molecule has 1 amide bonds. The smallest absolute Gasteiger partial charge is 0.339 e. The minimum atomic E-state index is -0.569. The molecule has 18 heavy (non-hydrogen) atoms. The average molecular weight is 313 g/mol. The number of carbonyl (C=O) groups is 2. The molecule has 1 fully saturated rings. The fraction of sp³-hybridized carbons (Fsp3) is 0.333. The second kappa shape index (κ2) is 5.39. The van der Waals surface area contributed by atoms with Gasteiger partial charge in [-0.3, -0.25) is 4.79 Å². The maximum absolute atomic E-state index is 11.7. The predicted molar refractivity (Wildman–Crippen MR) is 70.0 cm³/mol. The summed E-state index contributed by atoms with van der Waals surface area (Å²) in [5.74, 6) is -0.842. The molecule has 0 aliphatic heterocycles. The van der Waals surface area contributed by atoms with Crippen LogP contribution in [0, 0.1) is 0 Å². The van der Waals surface area contributed by atoms with Gasteiger partial charge < -0.3 is 15.8 Å². The number of ether oxygens (including phenoxy) is 1. The van der Waals surface area contributed by atoms with E-state index in [2.05, 4.69) is 21.2 Å². The third-order valence-electron chi connectivity index (χ3n) is 2.49. The third kappa shape index (κ3) is 3.46. The SMILES string of the molecule is Nc1ccc(Br)c(C(=O)OCC(=O)NC2CC2)c1. The molecule has 3 N–H and O–H groups in total. The molecule has 0 radical (unpaired) electrons. The highest BCUT2D eigenvalue weighted by atomic mass is 79.9. The van der Waals surface area contributed by atoms with Crippen molar-refractivity contribution in [3.63, 3.8) is 0 Å². The standard InChI is InChI=1S/C12H13BrN2O3/c13-10-4-1-7(14)5-9(10)12(17)18-6-11(16)15-8-2-3-8/h1,4-5,8H,2-3,6,14H2,(H,15,16). The molecular weight excluding hydrogens is 300 g/mol. The lowest BCUT2D eigenvalue weighted by Gasteiger charge is -2.07. The topological polar surface area (TPSA) is 81.4 Å². The normalized spacial score (nSPS) is 14.1. The number of halogens is 1. The first-order chi connectivity index (χ1) is 8.56. The Balaban J connectivity index is 1.90. The molecule has 0 unspecified atom stereocenters. The van der Waals surface area contributed by atoms with Gasteiger partial charge in [-0.05, 0) is 47.0 Å². The minimum Gasteiger partial charge on any atom is -0.452 e. The lowest BCUT2D eigenvalue weighted by molar-refractivity contribution is -0.124. The summed E-state index contributed by atoms with van der Waals surface area (Å²) in [5, 5.41) is 2.73. The largest absolute Gasteiger partial charge is 0.452 e. The van der Waals surface area contributed by atoms with Crippen LogP contribution in [-0.4, -0.2) is 24.5 Å². The highest BCUT2D eigenvalue weighted by molar-refractivity contribution is 9.10. The van der Waals surface area contributed by atoms with Crippen LogP contribution >= 0.6 is 15.9 Å². The summed E-state index contributed by atoms with van der Waals surface area (Å²) in [6.45, 7) is -0.267. The third-order valence-corrected chi connectivity index (χ3v) is 3.18. The summed E-state index contributed by atoms with van der Waals surface area (Å²) in [6, 6.07) is 5.09. The van der Waals surface area contributed by atoms with Crippen LogP contribution < -0.4 is 11.1 Å². The van der Waals surface area contributed by atoms with Crippen molar-refractivity contribution in [3.8, 4) is 0 Å². The molecule has 2 rings (SSSR count). The van der Waals surface area contributed by atoms with Crippen molar-refractivity contribution in [2.75, 3.05) is 12.3 Å². The molecule has 1 aromatic rings. The van der Waals surface area contributed by atoms with E-state index >= 15 is 0 Å². The molecule has 0 spiro atoms. The summed E-state index contributed by atoms with van der Waals surface area (Å²) in [5.41, 5.74) is 6.37. The van der Waals surface area contributed by atoms with E-state index in [0.29, 0.717) is 15.7 Å². The molecule has 0 bridgehead atoms. The lowest BCUT2D eigenvalue weighted by atomic mass is 10.2. The van der Waals surface area contributed by atoms with E-state index in [9.17, 15) is 9.59 Å². The van der Waals surface area contributed by atoms with Gasteiger partial charge in [0.15, 0.2) is 6.61 Å². The zero-order valence-electron chi connectivity index (χ0n) is 9.61. The van der Waals surface area contributed by atoms with Crippen LogP contribution in [0.2, 0.25) is 0 Å². The fourth-order valence-corrected chi connectivity index (χ4v) is 1.81. The molecule has 0 atom stereocenters. The van der Waals surface area contributed by atoms with Gasteiger partial charge in [-0.2, -0.15) is 0 Å². The van der Waals surface area contributed by atoms with E-state index < -0.39 is 5.97 Å². The van der Waals surface area contributed by atoms with Gasteiger partial charge in [0.05, 0.1) is 5.56 Å². The maximum atomic E-state index is 11.7. The van der Waals surface area contributed by atoms with Crippen LogP contribution in [0.1, 0.15) is 23.2 Å². The second-order valence-electron chi connectivity index (χ2n) is 4.16. The molecule has 0 heterocycles. The monoisotopic (exact) mass is 312 g/mol. The summed E-state index contributed by atoms with van der Waals surface area (Å²) in [4.78, 5) is 23.1. The molecule has 1 saturated carbocycles. The molecule has 6 heteroatoms. The highest BCUT2D eigenvalue weighted by Gasteiger charge is 2.23. The number of benzene rings is 1. The molecule has 0 saturated heterocycles. The van der Waals surface area contributed by atoms with Gasteiger partial charge in [0, 0.05) is 16.2 Å². The van der Waals surface area contributed by atoms with Crippen molar-refractivity contribution >= 4 is 33.5 Å². The van der Waals surface area contributed by atoms with Gasteiger partial charge in [0.1, 0.15) is 0 Å². The molecular formula is C12H13BrN2O3. The Morgan fingerprint density at radius 1 is 1.44 bits per heavy atom. The van der Waals surface area contributed by atoms with E-state index in [0.717, 1.165) is 12.8 Å². The Bertz CT molecular complexity index is 486. The average Bonchev–Trinajstić information content (AvgIpc) is 3.13. The predicted octanol–water partition coefficient (Wildman–Crippen LogP) is 1.47. The number of hydrogen-bond acceptors (Lipinski definition) is 4. The molecule has 1 aromatic carbocycles. The summed E-state index contributed by atoms with van der Waals surface area (Å²) in [6.07, 6.45) is 2.00. The van der Waals surface area contributed by atoms with Gasteiger partial charge in [-0.15, -0.1) is 0 Å². The quantitative estimate of drug-likeness (QED) is 0.651. The molecule has 1 aliphatic rings. The van der Waals surface area contributed by atoms with E-state index in [1.54, 1.807) is 12.1 Å². The van der Waals surface area contributed by atoms with Gasteiger partial charge in [0.25, 0.3) is 5.91 Å². The molecule has 96 valence electrons. The number of anilines is 1. The van der Waals surface area contributed by atoms with Crippen molar-refractivity contribution in [3.05, 3.63) is 28.2 Å². The molecule has 5 nitrogen and oxygen atoms in total. The van der Waals surface area contributed by atoms with Crippen molar-refractivity contribution < 1.29 is 14.3 Å². The van der Waals surface area contributed by atoms with Crippen molar-refractivity contribution in [2.45, 2.75) is 18.9 Å². The molecule has 1 aliphatic carbocycles. The van der Waals surface area contributed by atoms with E-state index in [1.165, 1.54) is 6.07 Å². The van der Waals surface area contributed by atoms with Crippen LogP contribution in [0.25, 0.3) is 0 Å². The van der Waals surface area contributed by atoms with E-state index in [1.807, 2.05) is 0 Å². The maximum Gasteiger partial charge on any atom is 0.339 e. The zero-order valence-corrected chi connectivity index (χ0v) is 11.2. The second-order valence-corrected chi connectivity index (χ2v) is 5.01. The number of esters is 1. The first kappa shape index (κ1) is 12.9. The summed E-state index contributed by atoms with van der Waals surface area (Å²) < 4.78 is 5.51. The van der Waals surface area contributed by atoms with Gasteiger partial charge >= 0.3 is 5.97 Å². The van der Waals surface area contributed by atoms with Crippen molar-refractivity contribution in [2.24, 2.45) is 0 Å². The van der Waals surface area contributed by atoms with Crippen molar-refractivity contribution in [1.29, 1.82) is 0 Å². The summed E-state index contributed by atoms with van der Waals surface area (Å²) >= 11 is 3.23. The number of carbonyl (C=O) groups excluding carboxylic acids is 2. The van der Waals surface area contributed by atoms with Crippen LogP contribution in [0.5, 0.6) is 0 Å². The number of nitrogens with two attached hydrogens (primary N) is 1. The zero-order chi connectivity index (χ0) is 13.1. The Morgan fingerprint density at radius 2 is 2.17 bits per heavy atom. The van der Waals surface area contributed by atoms with E-state index in [4.69, 9.17) is 10.5 Å².